The molecule has 1 aromatic rings. The highest BCUT2D eigenvalue weighted by atomic mass is 35.5. The van der Waals surface area contributed by atoms with Crippen molar-refractivity contribution in [2.75, 3.05) is 51.4 Å². The zero-order valence-electron chi connectivity index (χ0n) is 13.5. The Morgan fingerprint density at radius 3 is 2.74 bits per heavy atom. The van der Waals surface area contributed by atoms with Crippen LogP contribution in [-0.4, -0.2) is 57.1 Å². The molecule has 23 heavy (non-hydrogen) atoms. The number of benzene rings is 1. The van der Waals surface area contributed by atoms with E-state index in [1.165, 1.54) is 0 Å². The first-order chi connectivity index (χ1) is 10.8. The topological polar surface area (TPSA) is 60.0 Å². The van der Waals surface area contributed by atoms with Crippen molar-refractivity contribution < 1.29 is 19.0 Å². The first kappa shape index (κ1) is 19.5. The minimum atomic E-state index is -0.458. The summed E-state index contributed by atoms with van der Waals surface area (Å²) in [7, 11) is 0. The molecule has 130 valence electrons. The van der Waals surface area contributed by atoms with Gasteiger partial charge in [0, 0.05) is 19.6 Å². The number of rotatable bonds is 7. The number of nitrogens with one attached hydrogen (secondary N) is 1. The summed E-state index contributed by atoms with van der Waals surface area (Å²) < 4.78 is 16.1. The molecular weight excluding hydrogens is 320 g/mol. The second-order valence-electron chi connectivity index (χ2n) is 5.06. The molecule has 1 heterocycles. The van der Waals surface area contributed by atoms with Crippen LogP contribution in [0, 0.1) is 0 Å². The van der Waals surface area contributed by atoms with Gasteiger partial charge in [-0.25, -0.2) is 4.79 Å². The van der Waals surface area contributed by atoms with Crippen molar-refractivity contribution in [1.82, 2.24) is 4.90 Å². The fourth-order valence-corrected chi connectivity index (χ4v) is 2.15. The molecule has 0 aromatic heterocycles. The predicted octanol–water partition coefficient (Wildman–Crippen LogP) is 2.78. The van der Waals surface area contributed by atoms with Crippen LogP contribution in [0.4, 0.5) is 10.5 Å². The molecular formula is C16H25ClN2O4. The first-order valence-corrected chi connectivity index (χ1v) is 7.75. The Labute approximate surface area is 143 Å². The second kappa shape index (κ2) is 11.1. The molecule has 1 fully saturated rings. The van der Waals surface area contributed by atoms with Crippen LogP contribution in [0.1, 0.15) is 13.3 Å². The van der Waals surface area contributed by atoms with E-state index in [-0.39, 0.29) is 12.4 Å². The zero-order valence-corrected chi connectivity index (χ0v) is 14.3. The van der Waals surface area contributed by atoms with Crippen LogP contribution < -0.4 is 10.1 Å². The van der Waals surface area contributed by atoms with Crippen molar-refractivity contribution in [3.05, 3.63) is 24.3 Å². The molecule has 1 aliphatic rings. The van der Waals surface area contributed by atoms with E-state index < -0.39 is 6.09 Å². The summed E-state index contributed by atoms with van der Waals surface area (Å²) in [6.45, 7) is 7.01. The standard InChI is InChI=1S/C16H24N2O4.ClH/c1-2-10-21-15-6-4-3-5-14(15)17-16(19)22-13-9-18-7-11-20-12-8-18;/h3-6H,2,7-13H2,1H3,(H,17,19);1H. The highest BCUT2D eigenvalue weighted by Crippen LogP contribution is 2.23. The third-order valence-corrected chi connectivity index (χ3v) is 3.33. The van der Waals surface area contributed by atoms with E-state index in [4.69, 9.17) is 14.2 Å². The van der Waals surface area contributed by atoms with Crippen molar-refractivity contribution in [2.24, 2.45) is 0 Å². The van der Waals surface area contributed by atoms with Crippen LogP contribution in [0.3, 0.4) is 0 Å². The Morgan fingerprint density at radius 1 is 1.26 bits per heavy atom. The second-order valence-corrected chi connectivity index (χ2v) is 5.06. The van der Waals surface area contributed by atoms with E-state index >= 15 is 0 Å². The van der Waals surface area contributed by atoms with Gasteiger partial charge in [0.05, 0.1) is 25.5 Å². The number of hydrogen-bond acceptors (Lipinski definition) is 5. The molecule has 0 spiro atoms. The molecule has 0 bridgehead atoms. The largest absolute Gasteiger partial charge is 0.491 e. The van der Waals surface area contributed by atoms with Gasteiger partial charge in [0.15, 0.2) is 0 Å². The Morgan fingerprint density at radius 2 is 2.00 bits per heavy atom. The number of para-hydroxylation sites is 2. The number of halogens is 1. The lowest BCUT2D eigenvalue weighted by Gasteiger charge is -2.26. The van der Waals surface area contributed by atoms with Crippen LogP contribution >= 0.6 is 12.4 Å². The molecule has 1 N–H and O–H groups in total. The van der Waals surface area contributed by atoms with Crippen molar-refractivity contribution in [1.29, 1.82) is 0 Å². The molecule has 0 aliphatic carbocycles. The van der Waals surface area contributed by atoms with E-state index in [1.54, 1.807) is 6.07 Å². The lowest BCUT2D eigenvalue weighted by molar-refractivity contribution is 0.0290. The number of morpholine rings is 1. The molecule has 1 amide bonds. The monoisotopic (exact) mass is 344 g/mol. The van der Waals surface area contributed by atoms with Gasteiger partial charge < -0.3 is 14.2 Å². The summed E-state index contributed by atoms with van der Waals surface area (Å²) in [4.78, 5) is 14.1. The minimum Gasteiger partial charge on any atom is -0.491 e. The van der Waals surface area contributed by atoms with Gasteiger partial charge in [-0.3, -0.25) is 10.2 Å². The normalized spacial score (nSPS) is 14.7. The van der Waals surface area contributed by atoms with Crippen molar-refractivity contribution in [3.63, 3.8) is 0 Å². The van der Waals surface area contributed by atoms with Crippen LogP contribution in [0.25, 0.3) is 0 Å². The lowest BCUT2D eigenvalue weighted by atomic mass is 10.3. The van der Waals surface area contributed by atoms with Gasteiger partial charge in [-0.1, -0.05) is 19.1 Å². The summed E-state index contributed by atoms with van der Waals surface area (Å²) in [5.74, 6) is 0.662. The fraction of sp³-hybridized carbons (Fsp3) is 0.562. The van der Waals surface area contributed by atoms with Crippen molar-refractivity contribution in [2.45, 2.75) is 13.3 Å². The van der Waals surface area contributed by atoms with E-state index in [0.29, 0.717) is 24.7 Å². The van der Waals surface area contributed by atoms with Crippen LogP contribution in [0.5, 0.6) is 5.75 Å². The highest BCUT2D eigenvalue weighted by molar-refractivity contribution is 5.86. The molecule has 1 aromatic carbocycles. The minimum absolute atomic E-state index is 0. The summed E-state index contributed by atoms with van der Waals surface area (Å²) >= 11 is 0. The third-order valence-electron chi connectivity index (χ3n) is 3.33. The van der Waals surface area contributed by atoms with Crippen LogP contribution in [0.15, 0.2) is 24.3 Å². The van der Waals surface area contributed by atoms with Gasteiger partial charge in [-0.2, -0.15) is 0 Å². The number of amides is 1. The van der Waals surface area contributed by atoms with Gasteiger partial charge in [0.1, 0.15) is 12.4 Å². The quantitative estimate of drug-likeness (QED) is 0.824. The van der Waals surface area contributed by atoms with E-state index in [0.717, 1.165) is 39.3 Å². The molecule has 1 aliphatic heterocycles. The average Bonchev–Trinajstić information content (AvgIpc) is 2.55. The molecule has 2 rings (SSSR count). The SMILES string of the molecule is CCCOc1ccccc1NC(=O)OCCN1CCOCC1.Cl. The average molecular weight is 345 g/mol. The maximum absolute atomic E-state index is 11.8. The number of carbonyl (C=O) groups excluding carboxylic acids is 1. The predicted molar refractivity (Wildman–Crippen MR) is 91.7 cm³/mol. The van der Waals surface area contributed by atoms with Gasteiger partial charge in [0.25, 0.3) is 0 Å². The van der Waals surface area contributed by atoms with Gasteiger partial charge in [-0.05, 0) is 18.6 Å². The summed E-state index contributed by atoms with van der Waals surface area (Å²) in [5.41, 5.74) is 0.632. The zero-order chi connectivity index (χ0) is 15.6. The number of anilines is 1. The molecule has 0 radical (unpaired) electrons. The maximum Gasteiger partial charge on any atom is 0.411 e. The molecule has 0 unspecified atom stereocenters. The lowest BCUT2D eigenvalue weighted by Crippen LogP contribution is -2.38. The van der Waals surface area contributed by atoms with E-state index in [1.807, 2.05) is 25.1 Å². The van der Waals surface area contributed by atoms with Crippen molar-refractivity contribution >= 4 is 24.2 Å². The van der Waals surface area contributed by atoms with Gasteiger partial charge >= 0.3 is 6.09 Å². The van der Waals surface area contributed by atoms with Crippen molar-refractivity contribution in [3.8, 4) is 5.75 Å². The Balaban J connectivity index is 0.00000264. The van der Waals surface area contributed by atoms with E-state index in [9.17, 15) is 4.79 Å². The maximum atomic E-state index is 11.8. The van der Waals surface area contributed by atoms with Gasteiger partial charge in [0.2, 0.25) is 0 Å². The first-order valence-electron chi connectivity index (χ1n) is 7.75. The molecule has 0 saturated carbocycles. The Hall–Kier alpha value is -1.50. The smallest absolute Gasteiger partial charge is 0.411 e. The summed E-state index contributed by atoms with van der Waals surface area (Å²) in [6, 6.07) is 7.36. The van der Waals surface area contributed by atoms with Gasteiger partial charge in [-0.15, -0.1) is 12.4 Å². The molecule has 1 saturated heterocycles. The summed E-state index contributed by atoms with van der Waals surface area (Å²) in [5, 5.41) is 2.73. The summed E-state index contributed by atoms with van der Waals surface area (Å²) in [6.07, 6.45) is 0.457. The number of carbonyl (C=O) groups is 1. The highest BCUT2D eigenvalue weighted by Gasteiger charge is 2.12. The van der Waals surface area contributed by atoms with E-state index in [2.05, 4.69) is 10.2 Å². The molecule has 6 nitrogen and oxygen atoms in total. The molecule has 0 atom stereocenters. The fourth-order valence-electron chi connectivity index (χ4n) is 2.15. The number of hydrogen-bond donors (Lipinski definition) is 1. The number of nitrogens with zero attached hydrogens (tertiary/aromatic N) is 1. The third kappa shape index (κ3) is 7.07. The van der Waals surface area contributed by atoms with Crippen LogP contribution in [-0.2, 0) is 9.47 Å². The Kier molecular flexibility index (Phi) is 9.43. The Bertz CT molecular complexity index is 467. The number of ether oxygens (including phenoxy) is 3. The van der Waals surface area contributed by atoms with Crippen LogP contribution in [0.2, 0.25) is 0 Å². The molecule has 7 heteroatoms.